The summed E-state index contributed by atoms with van der Waals surface area (Å²) in [6.45, 7) is 0. The molecule has 0 amide bonds. The molecule has 0 bridgehead atoms. The Bertz CT molecular complexity index is 374. The average molecular weight is 272 g/mol. The number of likely N-dealkylation sites (N-methyl/N-ethyl adjacent to an activating group) is 1. The average Bonchev–Trinajstić information content (AvgIpc) is 2.26. The summed E-state index contributed by atoms with van der Waals surface area (Å²) in [7, 11) is 2.03. The van der Waals surface area contributed by atoms with Crippen LogP contribution in [0.3, 0.4) is 0 Å². The number of benzene rings is 1. The van der Waals surface area contributed by atoms with E-state index in [4.69, 9.17) is 23.2 Å². The van der Waals surface area contributed by atoms with Crippen molar-refractivity contribution in [3.8, 4) is 0 Å². The van der Waals surface area contributed by atoms with Crippen LogP contribution in [-0.4, -0.2) is 13.1 Å². The zero-order valence-electron chi connectivity index (χ0n) is 10.2. The summed E-state index contributed by atoms with van der Waals surface area (Å²) >= 11 is 12.2. The molecular formula is C14H19Cl2N. The van der Waals surface area contributed by atoms with Crippen LogP contribution in [0.2, 0.25) is 10.0 Å². The Morgan fingerprint density at radius 3 is 2.71 bits per heavy atom. The molecule has 0 saturated heterocycles. The van der Waals surface area contributed by atoms with Gasteiger partial charge in [-0.3, -0.25) is 0 Å². The van der Waals surface area contributed by atoms with Gasteiger partial charge in [-0.15, -0.1) is 0 Å². The lowest BCUT2D eigenvalue weighted by molar-refractivity contribution is 0.263. The van der Waals surface area contributed by atoms with E-state index in [1.54, 1.807) is 0 Å². The maximum absolute atomic E-state index is 6.20. The lowest BCUT2D eigenvalue weighted by Gasteiger charge is -2.29. The molecule has 0 aliphatic heterocycles. The van der Waals surface area contributed by atoms with E-state index in [0.29, 0.717) is 6.04 Å². The van der Waals surface area contributed by atoms with Crippen molar-refractivity contribution in [1.82, 2.24) is 5.32 Å². The summed E-state index contributed by atoms with van der Waals surface area (Å²) in [5.41, 5.74) is 1.15. The predicted molar refractivity (Wildman–Crippen MR) is 75.0 cm³/mol. The first kappa shape index (κ1) is 13.2. The van der Waals surface area contributed by atoms with Crippen molar-refractivity contribution in [2.45, 2.75) is 38.1 Å². The molecule has 1 nitrogen and oxygen atoms in total. The van der Waals surface area contributed by atoms with E-state index < -0.39 is 0 Å². The first-order chi connectivity index (χ1) is 8.19. The highest BCUT2D eigenvalue weighted by molar-refractivity contribution is 6.33. The Kier molecular flexibility index (Phi) is 4.72. The zero-order chi connectivity index (χ0) is 12.3. The molecular weight excluding hydrogens is 253 g/mol. The second kappa shape index (κ2) is 6.08. The SMILES string of the molecule is CNC(Cc1cc(Cl)ccc1Cl)CC1CCC1. The third kappa shape index (κ3) is 3.61. The van der Waals surface area contributed by atoms with Crippen molar-refractivity contribution >= 4 is 23.2 Å². The van der Waals surface area contributed by atoms with Crippen LogP contribution in [0.5, 0.6) is 0 Å². The van der Waals surface area contributed by atoms with Crippen LogP contribution in [0.15, 0.2) is 18.2 Å². The largest absolute Gasteiger partial charge is 0.317 e. The van der Waals surface area contributed by atoms with Gasteiger partial charge in [0.25, 0.3) is 0 Å². The van der Waals surface area contributed by atoms with Gasteiger partial charge in [0, 0.05) is 16.1 Å². The molecule has 1 aliphatic rings. The maximum Gasteiger partial charge on any atom is 0.0439 e. The summed E-state index contributed by atoms with van der Waals surface area (Å²) in [5.74, 6) is 0.908. The quantitative estimate of drug-likeness (QED) is 0.842. The summed E-state index contributed by atoms with van der Waals surface area (Å²) in [5, 5.41) is 4.98. The van der Waals surface area contributed by atoms with Crippen LogP contribution in [0, 0.1) is 5.92 Å². The fourth-order valence-corrected chi connectivity index (χ4v) is 2.79. The third-order valence-electron chi connectivity index (χ3n) is 3.72. The van der Waals surface area contributed by atoms with E-state index in [1.807, 2.05) is 25.2 Å². The molecule has 0 heterocycles. The summed E-state index contributed by atoms with van der Waals surface area (Å²) in [6.07, 6.45) is 6.40. The molecule has 1 aliphatic carbocycles. The van der Waals surface area contributed by atoms with Gasteiger partial charge < -0.3 is 5.32 Å². The second-order valence-electron chi connectivity index (χ2n) is 4.96. The molecule has 1 fully saturated rings. The van der Waals surface area contributed by atoms with Gasteiger partial charge in [-0.1, -0.05) is 42.5 Å². The van der Waals surface area contributed by atoms with E-state index in [9.17, 15) is 0 Å². The first-order valence-corrected chi connectivity index (χ1v) is 7.06. The van der Waals surface area contributed by atoms with E-state index in [-0.39, 0.29) is 0 Å². The van der Waals surface area contributed by atoms with Gasteiger partial charge >= 0.3 is 0 Å². The van der Waals surface area contributed by atoms with Crippen molar-refractivity contribution in [3.05, 3.63) is 33.8 Å². The van der Waals surface area contributed by atoms with Crippen LogP contribution in [0.25, 0.3) is 0 Å². The molecule has 94 valence electrons. The van der Waals surface area contributed by atoms with Crippen LogP contribution in [0.4, 0.5) is 0 Å². The Morgan fingerprint density at radius 2 is 2.12 bits per heavy atom. The van der Waals surface area contributed by atoms with E-state index >= 15 is 0 Å². The van der Waals surface area contributed by atoms with E-state index in [1.165, 1.54) is 25.7 Å². The Hall–Kier alpha value is -0.240. The first-order valence-electron chi connectivity index (χ1n) is 6.30. The van der Waals surface area contributed by atoms with Crippen molar-refractivity contribution in [2.75, 3.05) is 7.05 Å². The molecule has 0 aromatic heterocycles. The number of rotatable bonds is 5. The maximum atomic E-state index is 6.20. The molecule has 0 radical (unpaired) electrons. The lowest BCUT2D eigenvalue weighted by atomic mass is 9.80. The minimum atomic E-state index is 0.510. The topological polar surface area (TPSA) is 12.0 Å². The van der Waals surface area contributed by atoms with Gasteiger partial charge in [-0.25, -0.2) is 0 Å². The lowest BCUT2D eigenvalue weighted by Crippen LogP contribution is -2.32. The van der Waals surface area contributed by atoms with Crippen molar-refractivity contribution < 1.29 is 0 Å². The zero-order valence-corrected chi connectivity index (χ0v) is 11.7. The second-order valence-corrected chi connectivity index (χ2v) is 5.80. The molecule has 0 spiro atoms. The van der Waals surface area contributed by atoms with Crippen molar-refractivity contribution in [1.29, 1.82) is 0 Å². The van der Waals surface area contributed by atoms with Crippen molar-refractivity contribution in [3.63, 3.8) is 0 Å². The molecule has 1 aromatic rings. The van der Waals surface area contributed by atoms with Crippen molar-refractivity contribution in [2.24, 2.45) is 5.92 Å². The van der Waals surface area contributed by atoms with Crippen LogP contribution in [0.1, 0.15) is 31.2 Å². The molecule has 2 rings (SSSR count). The predicted octanol–water partition coefficient (Wildman–Crippen LogP) is 4.31. The summed E-state index contributed by atoms with van der Waals surface area (Å²) < 4.78 is 0. The Labute approximate surface area is 114 Å². The molecule has 1 aromatic carbocycles. The molecule has 1 saturated carbocycles. The fraction of sp³-hybridized carbons (Fsp3) is 0.571. The molecule has 1 atom stereocenters. The van der Waals surface area contributed by atoms with Crippen LogP contribution in [-0.2, 0) is 6.42 Å². The number of hydrogen-bond donors (Lipinski definition) is 1. The molecule has 3 heteroatoms. The smallest absolute Gasteiger partial charge is 0.0439 e. The van der Waals surface area contributed by atoms with E-state index in [0.717, 1.165) is 27.9 Å². The van der Waals surface area contributed by atoms with Crippen LogP contribution >= 0.6 is 23.2 Å². The number of hydrogen-bond acceptors (Lipinski definition) is 1. The van der Waals surface area contributed by atoms with Gasteiger partial charge in [-0.05, 0) is 49.6 Å². The normalized spacial score (nSPS) is 17.8. The van der Waals surface area contributed by atoms with E-state index in [2.05, 4.69) is 5.32 Å². The highest BCUT2D eigenvalue weighted by Gasteiger charge is 2.21. The van der Waals surface area contributed by atoms with Gasteiger partial charge in [0.2, 0.25) is 0 Å². The molecule has 1 N–H and O–H groups in total. The van der Waals surface area contributed by atoms with Gasteiger partial charge in [0.15, 0.2) is 0 Å². The summed E-state index contributed by atoms with van der Waals surface area (Å²) in [6, 6.07) is 6.22. The fourth-order valence-electron chi connectivity index (χ4n) is 2.40. The minimum absolute atomic E-state index is 0.510. The Morgan fingerprint density at radius 1 is 1.35 bits per heavy atom. The highest BCUT2D eigenvalue weighted by Crippen LogP contribution is 2.31. The van der Waals surface area contributed by atoms with Gasteiger partial charge in [0.1, 0.15) is 0 Å². The van der Waals surface area contributed by atoms with Crippen LogP contribution < -0.4 is 5.32 Å². The monoisotopic (exact) mass is 271 g/mol. The molecule has 17 heavy (non-hydrogen) atoms. The number of halogens is 2. The summed E-state index contributed by atoms with van der Waals surface area (Å²) in [4.78, 5) is 0. The van der Waals surface area contributed by atoms with Gasteiger partial charge in [0.05, 0.1) is 0 Å². The number of nitrogens with one attached hydrogen (secondary N) is 1. The third-order valence-corrected chi connectivity index (χ3v) is 4.33. The Balaban J connectivity index is 1.98. The highest BCUT2D eigenvalue weighted by atomic mass is 35.5. The van der Waals surface area contributed by atoms with Gasteiger partial charge in [-0.2, -0.15) is 0 Å². The standard InChI is InChI=1S/C14H19Cl2N/c1-17-13(7-10-3-2-4-10)9-11-8-12(15)5-6-14(11)16/h5-6,8,10,13,17H,2-4,7,9H2,1H3. The minimum Gasteiger partial charge on any atom is -0.317 e. The molecule has 1 unspecified atom stereocenters.